The predicted molar refractivity (Wildman–Crippen MR) is 91.0 cm³/mol. The largest absolute Gasteiger partial charge is 0.595 e. The summed E-state index contributed by atoms with van der Waals surface area (Å²) in [4.78, 5) is 12.7. The summed E-state index contributed by atoms with van der Waals surface area (Å²) in [5.41, 5.74) is -0.537. The van der Waals surface area contributed by atoms with Crippen LogP contribution in [0.25, 0.3) is 0 Å². The molecule has 142 valence electrons. The van der Waals surface area contributed by atoms with E-state index in [0.29, 0.717) is 5.92 Å². The van der Waals surface area contributed by atoms with Crippen molar-refractivity contribution in [1.82, 2.24) is 0 Å². The van der Waals surface area contributed by atoms with Gasteiger partial charge in [-0.3, -0.25) is 0 Å². The van der Waals surface area contributed by atoms with Crippen molar-refractivity contribution >= 4 is 17.3 Å². The van der Waals surface area contributed by atoms with Crippen LogP contribution in [0.15, 0.2) is 30.4 Å². The quantitative estimate of drug-likeness (QED) is 0.354. The van der Waals surface area contributed by atoms with Crippen LogP contribution in [-0.4, -0.2) is 22.0 Å². The Kier molecular flexibility index (Phi) is 5.16. The average molecular weight is 364 g/mol. The maximum atomic E-state index is 12.7. The number of quaternary nitrogens is 2. The van der Waals surface area contributed by atoms with Crippen LogP contribution in [0.5, 0.6) is 0 Å². The minimum absolute atomic E-state index is 0.0674. The van der Waals surface area contributed by atoms with Crippen molar-refractivity contribution in [2.24, 2.45) is 11.8 Å². The number of rotatable bonds is 5. The molecule has 2 aliphatic rings. The molecule has 5 unspecified atom stereocenters. The SMILES string of the molecule is C=C(C)C1(OC(=O)c2cc([NH+]([O-])O)cc([NH+]([O-])O)c2)CC2CCCCC21. The number of carbonyl (C=O) groups is 1. The molecule has 0 aliphatic heterocycles. The van der Waals surface area contributed by atoms with Crippen LogP contribution in [0.4, 0.5) is 11.4 Å². The van der Waals surface area contributed by atoms with Crippen LogP contribution in [0, 0.1) is 22.3 Å². The number of hydrogen-bond donors (Lipinski definition) is 4. The molecular formula is C18H24N2O6. The minimum atomic E-state index is -1.30. The standard InChI is InChI=1S/C18H24N2O6/c1-11(2)18(10-12-5-3-4-6-16(12)18)26-17(21)13-7-14(19(22)23)9-15(8-13)20(24)25/h7-9,12,16,19-20,22,24H,1,3-6,10H2,2H3. The molecule has 2 aliphatic carbocycles. The molecule has 0 aromatic heterocycles. The Hall–Kier alpha value is -1.81. The molecule has 5 atom stereocenters. The van der Waals surface area contributed by atoms with E-state index in [-0.39, 0.29) is 22.9 Å². The molecule has 0 saturated heterocycles. The van der Waals surface area contributed by atoms with Gasteiger partial charge in [-0.2, -0.15) is 10.5 Å². The first kappa shape index (κ1) is 19.0. The molecule has 0 heterocycles. The average Bonchev–Trinajstić information content (AvgIpc) is 2.58. The number of carbonyl (C=O) groups excluding carboxylic acids is 1. The third-order valence-electron chi connectivity index (χ3n) is 5.73. The minimum Gasteiger partial charge on any atom is -0.595 e. The van der Waals surface area contributed by atoms with Gasteiger partial charge in [0, 0.05) is 18.1 Å². The van der Waals surface area contributed by atoms with E-state index in [1.165, 1.54) is 6.42 Å². The van der Waals surface area contributed by atoms with Gasteiger partial charge in [0.05, 0.1) is 11.6 Å². The fraction of sp³-hybridized carbons (Fsp3) is 0.500. The third kappa shape index (κ3) is 3.27. The zero-order chi connectivity index (χ0) is 19.1. The first-order chi connectivity index (χ1) is 12.2. The number of esters is 1. The lowest BCUT2D eigenvalue weighted by Gasteiger charge is -2.56. The van der Waals surface area contributed by atoms with Crippen molar-refractivity contribution < 1.29 is 30.4 Å². The predicted octanol–water partition coefficient (Wildman–Crippen LogP) is 1.18. The van der Waals surface area contributed by atoms with Crippen LogP contribution in [0.3, 0.4) is 0 Å². The molecule has 0 amide bonds. The zero-order valence-corrected chi connectivity index (χ0v) is 14.7. The van der Waals surface area contributed by atoms with E-state index in [1.807, 2.05) is 6.92 Å². The fourth-order valence-corrected chi connectivity index (χ4v) is 4.36. The van der Waals surface area contributed by atoms with Crippen LogP contribution in [0.2, 0.25) is 0 Å². The lowest BCUT2D eigenvalue weighted by atomic mass is 9.53. The second kappa shape index (κ2) is 7.07. The maximum Gasteiger partial charge on any atom is 0.339 e. The van der Waals surface area contributed by atoms with Gasteiger partial charge in [-0.1, -0.05) is 19.4 Å². The van der Waals surface area contributed by atoms with Crippen molar-refractivity contribution in [3.05, 3.63) is 46.3 Å². The van der Waals surface area contributed by atoms with E-state index in [0.717, 1.165) is 49.5 Å². The van der Waals surface area contributed by atoms with Gasteiger partial charge in [-0.05, 0) is 37.7 Å². The Morgan fingerprint density at radius 3 is 2.27 bits per heavy atom. The molecule has 1 aromatic rings. The molecule has 1 aromatic carbocycles. The van der Waals surface area contributed by atoms with Gasteiger partial charge >= 0.3 is 5.97 Å². The van der Waals surface area contributed by atoms with Crippen LogP contribution < -0.4 is 10.5 Å². The van der Waals surface area contributed by atoms with Crippen LogP contribution in [-0.2, 0) is 4.74 Å². The Labute approximate surface area is 151 Å². The number of nitrogens with one attached hydrogen (secondary N) is 2. The second-order valence-electron chi connectivity index (χ2n) is 7.32. The van der Waals surface area contributed by atoms with Gasteiger partial charge < -0.3 is 15.2 Å². The number of benzene rings is 1. The molecule has 3 rings (SSSR count). The number of ether oxygens (including phenoxy) is 1. The summed E-state index contributed by atoms with van der Waals surface area (Å²) >= 11 is 0. The first-order valence-corrected chi connectivity index (χ1v) is 8.75. The van der Waals surface area contributed by atoms with E-state index < -0.39 is 22.0 Å². The van der Waals surface area contributed by atoms with Crippen molar-refractivity contribution in [3.63, 3.8) is 0 Å². The van der Waals surface area contributed by atoms with Gasteiger partial charge in [0.15, 0.2) is 11.4 Å². The van der Waals surface area contributed by atoms with Crippen molar-refractivity contribution in [3.8, 4) is 0 Å². The Morgan fingerprint density at radius 2 is 1.77 bits per heavy atom. The smallest absolute Gasteiger partial charge is 0.339 e. The molecule has 2 fully saturated rings. The van der Waals surface area contributed by atoms with Gasteiger partial charge in [0.2, 0.25) is 0 Å². The van der Waals surface area contributed by atoms with Crippen molar-refractivity contribution in [2.45, 2.75) is 44.6 Å². The highest BCUT2D eigenvalue weighted by atomic mass is 16.8. The molecule has 0 bridgehead atoms. The summed E-state index contributed by atoms with van der Waals surface area (Å²) in [5.74, 6) is 0.0510. The highest BCUT2D eigenvalue weighted by Crippen LogP contribution is 2.57. The van der Waals surface area contributed by atoms with E-state index in [9.17, 15) is 25.6 Å². The fourth-order valence-electron chi connectivity index (χ4n) is 4.36. The van der Waals surface area contributed by atoms with Gasteiger partial charge in [-0.15, -0.1) is 0 Å². The molecule has 8 heteroatoms. The van der Waals surface area contributed by atoms with Crippen LogP contribution >= 0.6 is 0 Å². The van der Waals surface area contributed by atoms with Gasteiger partial charge in [-0.25, -0.2) is 15.2 Å². The Balaban J connectivity index is 1.88. The summed E-state index contributed by atoms with van der Waals surface area (Å²) in [7, 11) is 0. The first-order valence-electron chi connectivity index (χ1n) is 8.75. The lowest BCUT2D eigenvalue weighted by molar-refractivity contribution is -0.996. The Morgan fingerprint density at radius 1 is 1.19 bits per heavy atom. The molecule has 4 N–H and O–H groups in total. The normalized spacial score (nSPS) is 29.9. The molecule has 8 nitrogen and oxygen atoms in total. The van der Waals surface area contributed by atoms with Crippen LogP contribution in [0.1, 0.15) is 49.4 Å². The zero-order valence-electron chi connectivity index (χ0n) is 14.7. The third-order valence-corrected chi connectivity index (χ3v) is 5.73. The molecule has 26 heavy (non-hydrogen) atoms. The van der Waals surface area contributed by atoms with E-state index >= 15 is 0 Å². The highest BCUT2D eigenvalue weighted by Gasteiger charge is 2.57. The topological polar surface area (TPSA) is 122 Å². The summed E-state index contributed by atoms with van der Waals surface area (Å²) in [6, 6.07) is 3.33. The van der Waals surface area contributed by atoms with E-state index in [4.69, 9.17) is 4.74 Å². The Bertz CT molecular complexity index is 693. The monoisotopic (exact) mass is 364 g/mol. The second-order valence-corrected chi connectivity index (χ2v) is 7.32. The lowest BCUT2D eigenvalue weighted by Crippen LogP contribution is -3.00. The summed E-state index contributed by atoms with van der Waals surface area (Å²) in [5, 5.41) is 38.2. The van der Waals surface area contributed by atoms with Gasteiger partial charge in [0.25, 0.3) is 0 Å². The number of fused-ring (bicyclic) bond motifs is 1. The van der Waals surface area contributed by atoms with Gasteiger partial charge in [0.1, 0.15) is 5.60 Å². The molecule has 0 spiro atoms. The molecule has 2 saturated carbocycles. The molecular weight excluding hydrogens is 340 g/mol. The van der Waals surface area contributed by atoms with Crippen molar-refractivity contribution in [1.29, 1.82) is 0 Å². The highest BCUT2D eigenvalue weighted by molar-refractivity contribution is 5.91. The van der Waals surface area contributed by atoms with E-state index in [2.05, 4.69) is 6.58 Å². The van der Waals surface area contributed by atoms with Crippen molar-refractivity contribution in [2.75, 3.05) is 0 Å². The number of hydrogen-bond acceptors (Lipinski definition) is 6. The van der Waals surface area contributed by atoms with E-state index in [1.54, 1.807) is 0 Å². The summed E-state index contributed by atoms with van der Waals surface area (Å²) in [6.45, 7) is 5.85. The summed E-state index contributed by atoms with van der Waals surface area (Å²) < 4.78 is 5.84. The maximum absolute atomic E-state index is 12.7. The molecule has 0 radical (unpaired) electrons. The summed E-state index contributed by atoms with van der Waals surface area (Å²) in [6.07, 6.45) is 5.09.